The van der Waals surface area contributed by atoms with Gasteiger partial charge in [-0.1, -0.05) is 42.5 Å². The molecule has 1 aromatic heterocycles. The maximum Gasteiger partial charge on any atom is 0.372 e. The number of carbonyl (C=O) groups is 1. The van der Waals surface area contributed by atoms with Gasteiger partial charge in [0.15, 0.2) is 0 Å². The molecule has 26 heavy (non-hydrogen) atoms. The molecule has 0 atom stereocenters. The van der Waals surface area contributed by atoms with Crippen LogP contribution in [0.5, 0.6) is 0 Å². The summed E-state index contributed by atoms with van der Waals surface area (Å²) >= 11 is 0. The van der Waals surface area contributed by atoms with Gasteiger partial charge in [0.1, 0.15) is 0 Å². The molecule has 6 nitrogen and oxygen atoms in total. The van der Waals surface area contributed by atoms with E-state index in [0.717, 1.165) is 12.1 Å². The largest absolute Gasteiger partial charge is 0.475 e. The molecule has 0 unspecified atom stereocenters. The number of hydrogen-bond donors (Lipinski definition) is 1. The second kappa shape index (κ2) is 7.49. The molecular weight excluding hydrogens is 330 g/mol. The minimum Gasteiger partial charge on any atom is -0.475 e. The van der Waals surface area contributed by atoms with Crippen molar-refractivity contribution in [3.8, 4) is 0 Å². The number of fused-ring (bicyclic) bond motifs is 1. The minimum absolute atomic E-state index is 0.222. The maximum atomic E-state index is 12.9. The second-order valence-electron chi connectivity index (χ2n) is 6.26. The van der Waals surface area contributed by atoms with Gasteiger partial charge < -0.3 is 5.11 Å². The molecule has 0 saturated heterocycles. The van der Waals surface area contributed by atoms with Gasteiger partial charge in [-0.25, -0.2) is 9.78 Å². The monoisotopic (exact) mass is 351 g/mol. The molecule has 0 bridgehead atoms. The molecule has 3 aromatic rings. The number of rotatable bonds is 6. The molecular formula is C20H21N3O3. The molecule has 134 valence electrons. The third kappa shape index (κ3) is 3.50. The van der Waals surface area contributed by atoms with E-state index in [2.05, 4.69) is 22.0 Å². The first kappa shape index (κ1) is 17.8. The Morgan fingerprint density at radius 2 is 1.85 bits per heavy atom. The third-order valence-corrected chi connectivity index (χ3v) is 4.31. The van der Waals surface area contributed by atoms with Crippen LogP contribution in [0.2, 0.25) is 0 Å². The lowest BCUT2D eigenvalue weighted by atomic mass is 10.1. The lowest BCUT2D eigenvalue weighted by Crippen LogP contribution is -2.28. The number of aromatic nitrogens is 2. The van der Waals surface area contributed by atoms with Crippen LogP contribution in [-0.4, -0.2) is 32.6 Å². The molecule has 3 rings (SSSR count). The summed E-state index contributed by atoms with van der Waals surface area (Å²) in [6.07, 6.45) is 0. The highest BCUT2D eigenvalue weighted by atomic mass is 16.4. The molecule has 0 spiro atoms. The summed E-state index contributed by atoms with van der Waals surface area (Å²) in [4.78, 5) is 30.6. The predicted molar refractivity (Wildman–Crippen MR) is 100 cm³/mol. The maximum absolute atomic E-state index is 12.9. The van der Waals surface area contributed by atoms with E-state index in [1.54, 1.807) is 13.0 Å². The smallest absolute Gasteiger partial charge is 0.372 e. The van der Waals surface area contributed by atoms with Gasteiger partial charge in [-0.15, -0.1) is 0 Å². The summed E-state index contributed by atoms with van der Waals surface area (Å²) in [5, 5.41) is 9.81. The van der Waals surface area contributed by atoms with Gasteiger partial charge in [0, 0.05) is 19.6 Å². The highest BCUT2D eigenvalue weighted by Crippen LogP contribution is 2.17. The zero-order valence-corrected chi connectivity index (χ0v) is 14.8. The van der Waals surface area contributed by atoms with E-state index in [1.165, 1.54) is 10.1 Å². The Hall–Kier alpha value is -2.99. The van der Waals surface area contributed by atoms with Crippen LogP contribution in [0.1, 0.15) is 28.7 Å². The fraction of sp³-hybridized carbons (Fsp3) is 0.250. The van der Waals surface area contributed by atoms with E-state index >= 15 is 0 Å². The van der Waals surface area contributed by atoms with E-state index in [9.17, 15) is 14.7 Å². The summed E-state index contributed by atoms with van der Waals surface area (Å²) in [6, 6.07) is 15.5. The zero-order valence-electron chi connectivity index (χ0n) is 14.8. The van der Waals surface area contributed by atoms with Gasteiger partial charge >= 0.3 is 5.97 Å². The number of aromatic carboxylic acids is 1. The lowest BCUT2D eigenvalue weighted by Gasteiger charge is -2.18. The van der Waals surface area contributed by atoms with Gasteiger partial charge in [0.05, 0.1) is 10.9 Å². The minimum atomic E-state index is -1.20. The zero-order chi connectivity index (χ0) is 18.7. The number of carboxylic acids is 1. The molecule has 0 saturated carbocycles. The fourth-order valence-corrected chi connectivity index (χ4v) is 3.16. The Morgan fingerprint density at radius 3 is 2.50 bits per heavy atom. The normalized spacial score (nSPS) is 11.2. The Kier molecular flexibility index (Phi) is 5.14. The van der Waals surface area contributed by atoms with Crippen molar-refractivity contribution in [2.75, 3.05) is 7.05 Å². The van der Waals surface area contributed by atoms with Crippen molar-refractivity contribution in [2.45, 2.75) is 26.6 Å². The average Bonchev–Trinajstić information content (AvgIpc) is 2.62. The van der Waals surface area contributed by atoms with Crippen molar-refractivity contribution >= 4 is 16.9 Å². The van der Waals surface area contributed by atoms with Gasteiger partial charge in [-0.3, -0.25) is 14.3 Å². The summed E-state index contributed by atoms with van der Waals surface area (Å²) in [5.74, 6) is -1.42. The first-order valence-corrected chi connectivity index (χ1v) is 8.49. The van der Waals surface area contributed by atoms with Crippen LogP contribution in [0.3, 0.4) is 0 Å². The highest BCUT2D eigenvalue weighted by molar-refractivity contribution is 5.88. The predicted octanol–water partition coefficient (Wildman–Crippen LogP) is 2.75. The SMILES string of the molecule is CCn1c(C(=O)O)nc2cccc(CN(C)Cc3ccccc3)c2c1=O. The molecule has 1 N–H and O–H groups in total. The van der Waals surface area contributed by atoms with E-state index in [0.29, 0.717) is 17.4 Å². The Balaban J connectivity index is 2.01. The van der Waals surface area contributed by atoms with E-state index < -0.39 is 5.97 Å². The average molecular weight is 351 g/mol. The second-order valence-corrected chi connectivity index (χ2v) is 6.26. The van der Waals surface area contributed by atoms with Crippen LogP contribution in [-0.2, 0) is 19.6 Å². The topological polar surface area (TPSA) is 75.4 Å². The molecule has 0 amide bonds. The molecule has 1 heterocycles. The van der Waals surface area contributed by atoms with Crippen LogP contribution in [0.25, 0.3) is 10.9 Å². The fourth-order valence-electron chi connectivity index (χ4n) is 3.16. The molecule has 0 fully saturated rings. The molecule has 0 aliphatic heterocycles. The van der Waals surface area contributed by atoms with Crippen LogP contribution in [0.4, 0.5) is 0 Å². The van der Waals surface area contributed by atoms with Crippen LogP contribution < -0.4 is 5.56 Å². The van der Waals surface area contributed by atoms with Crippen molar-refractivity contribution in [1.29, 1.82) is 0 Å². The molecule has 2 aromatic carbocycles. The van der Waals surface area contributed by atoms with Gasteiger partial charge in [-0.05, 0) is 31.2 Å². The van der Waals surface area contributed by atoms with Crippen molar-refractivity contribution in [3.05, 3.63) is 75.8 Å². The number of benzene rings is 2. The number of carboxylic acid groups (broad SMARTS) is 1. The summed E-state index contributed by atoms with van der Waals surface area (Å²) in [5.41, 5.74) is 2.14. The molecule has 0 radical (unpaired) electrons. The summed E-state index contributed by atoms with van der Waals surface area (Å²) < 4.78 is 1.21. The first-order chi connectivity index (χ1) is 12.5. The van der Waals surface area contributed by atoms with Crippen molar-refractivity contribution in [1.82, 2.24) is 14.5 Å². The molecule has 0 aliphatic carbocycles. The van der Waals surface area contributed by atoms with Crippen LogP contribution >= 0.6 is 0 Å². The van der Waals surface area contributed by atoms with E-state index in [1.807, 2.05) is 37.4 Å². The van der Waals surface area contributed by atoms with Crippen LogP contribution in [0, 0.1) is 0 Å². The van der Waals surface area contributed by atoms with Crippen LogP contribution in [0.15, 0.2) is 53.3 Å². The van der Waals surface area contributed by atoms with E-state index in [-0.39, 0.29) is 17.9 Å². The van der Waals surface area contributed by atoms with E-state index in [4.69, 9.17) is 0 Å². The Morgan fingerprint density at radius 1 is 1.12 bits per heavy atom. The van der Waals surface area contributed by atoms with Crippen molar-refractivity contribution in [2.24, 2.45) is 0 Å². The third-order valence-electron chi connectivity index (χ3n) is 4.31. The number of hydrogen-bond acceptors (Lipinski definition) is 4. The quantitative estimate of drug-likeness (QED) is 0.739. The highest BCUT2D eigenvalue weighted by Gasteiger charge is 2.18. The number of nitrogens with zero attached hydrogens (tertiary/aromatic N) is 3. The van der Waals surface area contributed by atoms with Gasteiger partial charge in [-0.2, -0.15) is 0 Å². The van der Waals surface area contributed by atoms with Crippen molar-refractivity contribution in [3.63, 3.8) is 0 Å². The lowest BCUT2D eigenvalue weighted by molar-refractivity contribution is 0.0676. The molecule has 0 aliphatic rings. The summed E-state index contributed by atoms with van der Waals surface area (Å²) in [7, 11) is 1.99. The summed E-state index contributed by atoms with van der Waals surface area (Å²) in [6.45, 7) is 3.32. The van der Waals surface area contributed by atoms with Crippen molar-refractivity contribution < 1.29 is 9.90 Å². The standard InChI is InChI=1S/C20H21N3O3/c1-3-23-18(20(25)26)21-16-11-7-10-15(17(16)19(23)24)13-22(2)12-14-8-5-4-6-9-14/h4-11H,3,12-13H2,1-2H3,(H,25,26). The first-order valence-electron chi connectivity index (χ1n) is 8.49. The Labute approximate surface area is 151 Å². The molecule has 6 heteroatoms. The Bertz CT molecular complexity index is 996. The van der Waals surface area contributed by atoms with Gasteiger partial charge in [0.25, 0.3) is 5.56 Å². The van der Waals surface area contributed by atoms with Gasteiger partial charge in [0.2, 0.25) is 5.82 Å².